The van der Waals surface area contributed by atoms with Crippen molar-refractivity contribution in [3.63, 3.8) is 0 Å². The van der Waals surface area contributed by atoms with Crippen molar-refractivity contribution < 1.29 is 28.7 Å². The zero-order valence-corrected chi connectivity index (χ0v) is 22.7. The quantitative estimate of drug-likeness (QED) is 0.261. The van der Waals surface area contributed by atoms with E-state index in [1.54, 1.807) is 36.4 Å². The summed E-state index contributed by atoms with van der Waals surface area (Å²) in [5, 5.41) is 0. The maximum absolute atomic E-state index is 12.3. The van der Waals surface area contributed by atoms with Gasteiger partial charge in [0, 0.05) is 14.1 Å². The van der Waals surface area contributed by atoms with Crippen LogP contribution in [-0.2, 0) is 6.42 Å². The van der Waals surface area contributed by atoms with Crippen LogP contribution in [-0.4, -0.2) is 47.5 Å². The van der Waals surface area contributed by atoms with Crippen LogP contribution in [0.25, 0.3) is 0 Å². The van der Waals surface area contributed by atoms with E-state index in [2.05, 4.69) is 6.92 Å². The van der Waals surface area contributed by atoms with Crippen LogP contribution in [0.15, 0.2) is 84.9 Å². The van der Waals surface area contributed by atoms with Gasteiger partial charge in [-0.15, -0.1) is 0 Å². The van der Waals surface area contributed by atoms with E-state index in [0.29, 0.717) is 45.3 Å². The third kappa shape index (κ3) is 4.74. The fourth-order valence-corrected chi connectivity index (χ4v) is 5.11. The Morgan fingerprint density at radius 1 is 0.537 bits per heavy atom. The number of carbonyl (C=O) groups excluding carboxylic acids is 4. The van der Waals surface area contributed by atoms with E-state index in [-0.39, 0.29) is 29.5 Å². The number of rotatable bonds is 7. The minimum Gasteiger partial charge on any atom is -0.457 e. The molecular weight excluding hydrogens is 520 g/mol. The van der Waals surface area contributed by atoms with E-state index >= 15 is 0 Å². The summed E-state index contributed by atoms with van der Waals surface area (Å²) in [5.74, 6) is 1.24. The molecule has 0 fully saturated rings. The van der Waals surface area contributed by atoms with Gasteiger partial charge in [-0.25, -0.2) is 0 Å². The van der Waals surface area contributed by atoms with Gasteiger partial charge in [-0.3, -0.25) is 29.0 Å². The molecule has 2 heterocycles. The van der Waals surface area contributed by atoms with Gasteiger partial charge < -0.3 is 9.47 Å². The summed E-state index contributed by atoms with van der Waals surface area (Å²) >= 11 is 0. The third-order valence-electron chi connectivity index (χ3n) is 7.51. The van der Waals surface area contributed by atoms with E-state index in [0.717, 1.165) is 27.3 Å². The Morgan fingerprint density at radius 3 is 1.39 bits per heavy atom. The van der Waals surface area contributed by atoms with Crippen LogP contribution in [0.4, 0.5) is 0 Å². The molecule has 0 radical (unpaired) electrons. The largest absolute Gasteiger partial charge is 0.457 e. The molecule has 0 aromatic heterocycles. The van der Waals surface area contributed by atoms with Crippen LogP contribution in [0, 0.1) is 0 Å². The van der Waals surface area contributed by atoms with Gasteiger partial charge >= 0.3 is 0 Å². The lowest BCUT2D eigenvalue weighted by molar-refractivity contribution is 0.0677. The molecule has 0 aliphatic carbocycles. The Kier molecular flexibility index (Phi) is 6.38. The molecule has 0 saturated carbocycles. The molecular formula is C33H26N2O6. The van der Waals surface area contributed by atoms with Crippen molar-refractivity contribution >= 4 is 23.6 Å². The number of nitrogens with zero attached hydrogens (tertiary/aromatic N) is 2. The second-order valence-corrected chi connectivity index (χ2v) is 10.3. The molecule has 8 nitrogen and oxygen atoms in total. The molecule has 2 aliphatic rings. The molecule has 0 spiro atoms. The maximum atomic E-state index is 12.3. The summed E-state index contributed by atoms with van der Waals surface area (Å²) in [6.07, 6.45) is 0.816. The van der Waals surface area contributed by atoms with Crippen molar-refractivity contribution in [1.82, 2.24) is 9.80 Å². The average molecular weight is 547 g/mol. The van der Waals surface area contributed by atoms with E-state index < -0.39 is 0 Å². The Balaban J connectivity index is 1.07. The Hall–Kier alpha value is -5.24. The molecule has 41 heavy (non-hydrogen) atoms. The lowest BCUT2D eigenvalue weighted by atomic mass is 9.94. The minimum atomic E-state index is -0.329. The number of imide groups is 2. The average Bonchev–Trinajstić information content (AvgIpc) is 3.33. The number of ether oxygens (including phenoxy) is 2. The van der Waals surface area contributed by atoms with Crippen LogP contribution in [0.1, 0.15) is 65.4 Å². The zero-order valence-electron chi connectivity index (χ0n) is 22.7. The van der Waals surface area contributed by atoms with Gasteiger partial charge in [-0.1, -0.05) is 31.2 Å². The zero-order chi connectivity index (χ0) is 28.8. The van der Waals surface area contributed by atoms with Crippen molar-refractivity contribution in [2.45, 2.75) is 19.3 Å². The molecule has 204 valence electrons. The summed E-state index contributed by atoms with van der Waals surface area (Å²) in [5.41, 5.74) is 3.77. The highest BCUT2D eigenvalue weighted by molar-refractivity contribution is 6.22. The van der Waals surface area contributed by atoms with Crippen LogP contribution in [0.2, 0.25) is 0 Å². The highest BCUT2D eigenvalue weighted by Gasteiger charge is 2.34. The van der Waals surface area contributed by atoms with E-state index in [1.165, 1.54) is 14.1 Å². The van der Waals surface area contributed by atoms with Crippen LogP contribution in [0.3, 0.4) is 0 Å². The van der Waals surface area contributed by atoms with Gasteiger partial charge in [0.2, 0.25) is 0 Å². The summed E-state index contributed by atoms with van der Waals surface area (Å²) in [7, 11) is 2.94. The summed E-state index contributed by atoms with van der Waals surface area (Å²) in [6, 6.07) is 25.4. The number of benzene rings is 4. The normalized spacial score (nSPS) is 14.8. The van der Waals surface area contributed by atoms with E-state index in [1.807, 2.05) is 48.5 Å². The molecule has 1 atom stereocenters. The first-order chi connectivity index (χ1) is 19.7. The molecule has 4 amide bonds. The van der Waals surface area contributed by atoms with Gasteiger partial charge in [0.05, 0.1) is 22.3 Å². The molecule has 4 aromatic carbocycles. The first-order valence-corrected chi connectivity index (χ1v) is 13.2. The monoisotopic (exact) mass is 546 g/mol. The second-order valence-electron chi connectivity index (χ2n) is 10.3. The van der Waals surface area contributed by atoms with Gasteiger partial charge in [-0.2, -0.15) is 0 Å². The first kappa shape index (κ1) is 26.0. The van der Waals surface area contributed by atoms with E-state index in [9.17, 15) is 19.2 Å². The number of hydrogen-bond donors (Lipinski definition) is 0. The first-order valence-electron chi connectivity index (χ1n) is 13.2. The van der Waals surface area contributed by atoms with Gasteiger partial charge in [0.1, 0.15) is 23.0 Å². The third-order valence-corrected chi connectivity index (χ3v) is 7.51. The highest BCUT2D eigenvalue weighted by atomic mass is 16.5. The van der Waals surface area contributed by atoms with E-state index in [4.69, 9.17) is 9.47 Å². The number of carbonyl (C=O) groups is 4. The Morgan fingerprint density at radius 2 is 0.927 bits per heavy atom. The Bertz CT molecular complexity index is 1730. The number of fused-ring (bicyclic) bond motifs is 2. The molecule has 8 heteroatoms. The lowest BCUT2D eigenvalue weighted by Crippen LogP contribution is -2.24. The van der Waals surface area contributed by atoms with Crippen molar-refractivity contribution in [1.29, 1.82) is 0 Å². The molecule has 2 aliphatic heterocycles. The molecule has 0 N–H and O–H groups in total. The molecule has 4 aromatic rings. The highest BCUT2D eigenvalue weighted by Crippen LogP contribution is 2.32. The minimum absolute atomic E-state index is 0.243. The number of amides is 4. The van der Waals surface area contributed by atoms with Crippen molar-refractivity contribution in [3.8, 4) is 23.0 Å². The fourth-order valence-electron chi connectivity index (χ4n) is 5.11. The smallest absolute Gasteiger partial charge is 0.261 e. The lowest BCUT2D eigenvalue weighted by Gasteiger charge is -2.14. The predicted molar refractivity (Wildman–Crippen MR) is 151 cm³/mol. The fraction of sp³-hybridized carbons (Fsp3) is 0.152. The summed E-state index contributed by atoms with van der Waals surface area (Å²) < 4.78 is 11.9. The second kappa shape index (κ2) is 10.1. The van der Waals surface area contributed by atoms with Crippen LogP contribution < -0.4 is 9.47 Å². The van der Waals surface area contributed by atoms with Crippen LogP contribution >= 0.6 is 0 Å². The van der Waals surface area contributed by atoms with Crippen molar-refractivity contribution in [3.05, 3.63) is 118 Å². The molecule has 6 rings (SSSR count). The van der Waals surface area contributed by atoms with Gasteiger partial charge in [0.15, 0.2) is 0 Å². The standard InChI is InChI=1S/C33H26N2O6/c1-19(21-6-10-23(11-7-21)41-25-13-15-27-29(18-25)33(39)35(3)31(27)37)16-20-4-8-22(9-5-20)40-24-12-14-26-28(17-24)32(38)34(2)30(26)36/h4-15,17-19H,16H2,1-3H3. The van der Waals surface area contributed by atoms with Crippen LogP contribution in [0.5, 0.6) is 23.0 Å². The van der Waals surface area contributed by atoms with Gasteiger partial charge in [-0.05, 0) is 84.1 Å². The maximum Gasteiger partial charge on any atom is 0.261 e. The van der Waals surface area contributed by atoms with Crippen molar-refractivity contribution in [2.24, 2.45) is 0 Å². The topological polar surface area (TPSA) is 93.2 Å². The van der Waals surface area contributed by atoms with Crippen molar-refractivity contribution in [2.75, 3.05) is 14.1 Å². The molecule has 0 saturated heterocycles. The number of hydrogen-bond acceptors (Lipinski definition) is 6. The predicted octanol–water partition coefficient (Wildman–Crippen LogP) is 6.07. The SMILES string of the molecule is CC(Cc1ccc(Oc2ccc3c(c2)C(=O)N(C)C3=O)cc1)c1ccc(Oc2ccc3c(c2)C(=O)N(C)C3=O)cc1. The Labute approximate surface area is 236 Å². The molecule has 0 bridgehead atoms. The van der Waals surface area contributed by atoms with Gasteiger partial charge in [0.25, 0.3) is 23.6 Å². The summed E-state index contributed by atoms with van der Waals surface area (Å²) in [4.78, 5) is 50.9. The summed E-state index contributed by atoms with van der Waals surface area (Å²) in [6.45, 7) is 2.15. The molecule has 1 unspecified atom stereocenters.